The predicted molar refractivity (Wildman–Crippen MR) is 95.0 cm³/mol. The van der Waals surface area contributed by atoms with Crippen LogP contribution < -0.4 is 21.5 Å². The summed E-state index contributed by atoms with van der Waals surface area (Å²) in [6.07, 6.45) is 0. The maximum absolute atomic E-state index is 12.1. The van der Waals surface area contributed by atoms with Crippen molar-refractivity contribution in [3.8, 4) is 0 Å². The van der Waals surface area contributed by atoms with Crippen LogP contribution in [0.5, 0.6) is 0 Å². The van der Waals surface area contributed by atoms with Crippen LogP contribution in [0, 0.1) is 0 Å². The Morgan fingerprint density at radius 2 is 1.65 bits per heavy atom. The Morgan fingerprint density at radius 3 is 2.31 bits per heavy atom. The fourth-order valence-electron chi connectivity index (χ4n) is 2.30. The maximum Gasteiger partial charge on any atom is 0.289 e. The van der Waals surface area contributed by atoms with Gasteiger partial charge in [-0.2, -0.15) is 0 Å². The molecule has 1 fully saturated rings. The average Bonchev–Trinajstić information content (AvgIpc) is 3.17. The first-order valence-corrected chi connectivity index (χ1v) is 8.71. The van der Waals surface area contributed by atoms with Crippen LogP contribution in [0.25, 0.3) is 0 Å². The summed E-state index contributed by atoms with van der Waals surface area (Å²) in [6.45, 7) is 2.72. The number of morpholine rings is 1. The van der Waals surface area contributed by atoms with Crippen LogP contribution >= 0.6 is 11.3 Å². The van der Waals surface area contributed by atoms with Gasteiger partial charge in [0.1, 0.15) is 5.69 Å². The molecule has 0 bridgehead atoms. The Hall–Kier alpha value is -2.98. The van der Waals surface area contributed by atoms with Gasteiger partial charge in [0, 0.05) is 29.6 Å². The van der Waals surface area contributed by atoms with E-state index in [9.17, 15) is 14.4 Å². The van der Waals surface area contributed by atoms with Gasteiger partial charge in [-0.05, 0) is 24.3 Å². The molecule has 0 radical (unpaired) electrons. The highest BCUT2D eigenvalue weighted by atomic mass is 32.1. The molecule has 10 heteroatoms. The number of amides is 3. The molecule has 2 heterocycles. The van der Waals surface area contributed by atoms with Crippen molar-refractivity contribution >= 4 is 34.2 Å². The number of hydrogen-bond acceptors (Lipinski definition) is 7. The fourth-order valence-corrected chi connectivity index (χ4v) is 3.16. The molecule has 1 aromatic heterocycles. The van der Waals surface area contributed by atoms with Crippen molar-refractivity contribution in [2.75, 3.05) is 31.2 Å². The van der Waals surface area contributed by atoms with Gasteiger partial charge in [-0.3, -0.25) is 25.2 Å². The Balaban J connectivity index is 1.55. The number of nitrogens with zero attached hydrogens (tertiary/aromatic N) is 2. The standard InChI is InChI=1S/C16H17N5O4S/c17-13(22)10-1-3-11(4-2-10)14(23)19-20-15(24)12-9-26-16(18-12)21-5-7-25-8-6-21/h1-4,9H,5-8H2,(H2,17,22)(H,19,23)(H,20,24). The van der Waals surface area contributed by atoms with Crippen LogP contribution in [0.15, 0.2) is 29.6 Å². The Labute approximate surface area is 153 Å². The average molecular weight is 375 g/mol. The monoisotopic (exact) mass is 375 g/mol. The highest BCUT2D eigenvalue weighted by Crippen LogP contribution is 2.21. The van der Waals surface area contributed by atoms with Crippen LogP contribution in [-0.2, 0) is 4.74 Å². The second kappa shape index (κ2) is 7.93. The Morgan fingerprint density at radius 1 is 1.04 bits per heavy atom. The second-order valence-corrected chi connectivity index (χ2v) is 6.30. The number of hydrogen-bond donors (Lipinski definition) is 3. The van der Waals surface area contributed by atoms with E-state index in [1.54, 1.807) is 5.38 Å². The number of rotatable bonds is 4. The first kappa shape index (κ1) is 17.8. The SMILES string of the molecule is NC(=O)c1ccc(C(=O)NNC(=O)c2csc(N3CCOCC3)n2)cc1. The number of anilines is 1. The lowest BCUT2D eigenvalue weighted by atomic mass is 10.1. The zero-order valence-corrected chi connectivity index (χ0v) is 14.5. The minimum Gasteiger partial charge on any atom is -0.378 e. The van der Waals surface area contributed by atoms with Crippen LogP contribution in [-0.4, -0.2) is 49.0 Å². The molecule has 0 aliphatic carbocycles. The van der Waals surface area contributed by atoms with E-state index in [1.807, 2.05) is 4.90 Å². The van der Waals surface area contributed by atoms with E-state index in [4.69, 9.17) is 10.5 Å². The number of primary amides is 1. The van der Waals surface area contributed by atoms with Gasteiger partial charge in [-0.1, -0.05) is 0 Å². The molecular weight excluding hydrogens is 358 g/mol. The van der Waals surface area contributed by atoms with Crippen molar-refractivity contribution in [3.05, 3.63) is 46.5 Å². The van der Waals surface area contributed by atoms with E-state index in [-0.39, 0.29) is 11.3 Å². The maximum atomic E-state index is 12.1. The highest BCUT2D eigenvalue weighted by Gasteiger charge is 2.18. The Bertz CT molecular complexity index is 814. The Kier molecular flexibility index (Phi) is 5.44. The largest absolute Gasteiger partial charge is 0.378 e. The predicted octanol–water partition coefficient (Wildman–Crippen LogP) is 0.153. The summed E-state index contributed by atoms with van der Waals surface area (Å²) >= 11 is 1.36. The zero-order chi connectivity index (χ0) is 18.5. The lowest BCUT2D eigenvalue weighted by Crippen LogP contribution is -2.42. The number of thiazole rings is 1. The number of hydrazine groups is 1. The van der Waals surface area contributed by atoms with Gasteiger partial charge in [0.2, 0.25) is 5.91 Å². The van der Waals surface area contributed by atoms with Gasteiger partial charge in [-0.15, -0.1) is 11.3 Å². The number of nitrogens with one attached hydrogen (secondary N) is 2. The van der Waals surface area contributed by atoms with Crippen LogP contribution in [0.3, 0.4) is 0 Å². The number of nitrogens with two attached hydrogens (primary N) is 1. The lowest BCUT2D eigenvalue weighted by molar-refractivity contribution is 0.0844. The van der Waals surface area contributed by atoms with Crippen molar-refractivity contribution in [2.24, 2.45) is 5.73 Å². The molecule has 0 unspecified atom stereocenters. The number of carbonyl (C=O) groups is 3. The van der Waals surface area contributed by atoms with E-state index < -0.39 is 17.7 Å². The molecule has 136 valence electrons. The van der Waals surface area contributed by atoms with E-state index in [1.165, 1.54) is 35.6 Å². The molecule has 1 aromatic carbocycles. The molecule has 3 amide bonds. The number of benzene rings is 1. The van der Waals surface area contributed by atoms with E-state index >= 15 is 0 Å². The molecule has 2 aromatic rings. The second-order valence-electron chi connectivity index (χ2n) is 5.46. The number of carbonyl (C=O) groups excluding carboxylic acids is 3. The molecule has 1 aliphatic heterocycles. The number of ether oxygens (including phenoxy) is 1. The molecule has 0 saturated carbocycles. The van der Waals surface area contributed by atoms with E-state index in [2.05, 4.69) is 15.8 Å². The molecule has 0 spiro atoms. The van der Waals surface area contributed by atoms with Gasteiger partial charge >= 0.3 is 0 Å². The zero-order valence-electron chi connectivity index (χ0n) is 13.7. The minimum absolute atomic E-state index is 0.223. The third-order valence-electron chi connectivity index (χ3n) is 3.73. The molecule has 26 heavy (non-hydrogen) atoms. The number of aromatic nitrogens is 1. The van der Waals surface area contributed by atoms with Crippen molar-refractivity contribution < 1.29 is 19.1 Å². The lowest BCUT2D eigenvalue weighted by Gasteiger charge is -2.25. The molecular formula is C16H17N5O4S. The van der Waals surface area contributed by atoms with E-state index in [0.29, 0.717) is 18.8 Å². The third-order valence-corrected chi connectivity index (χ3v) is 4.63. The summed E-state index contributed by atoms with van der Waals surface area (Å²) in [5.41, 5.74) is 10.6. The smallest absolute Gasteiger partial charge is 0.289 e. The van der Waals surface area contributed by atoms with Crippen molar-refractivity contribution in [1.29, 1.82) is 0 Å². The summed E-state index contributed by atoms with van der Waals surface area (Å²) in [5.74, 6) is -1.61. The topological polar surface area (TPSA) is 127 Å². The van der Waals surface area contributed by atoms with Gasteiger partial charge in [0.15, 0.2) is 5.13 Å². The summed E-state index contributed by atoms with van der Waals surface area (Å²) in [5, 5.41) is 2.38. The summed E-state index contributed by atoms with van der Waals surface area (Å²) in [6, 6.07) is 5.77. The summed E-state index contributed by atoms with van der Waals surface area (Å²) in [7, 11) is 0. The molecule has 3 rings (SSSR count). The molecule has 9 nitrogen and oxygen atoms in total. The van der Waals surface area contributed by atoms with Crippen molar-refractivity contribution in [3.63, 3.8) is 0 Å². The normalized spacial score (nSPS) is 13.9. The summed E-state index contributed by atoms with van der Waals surface area (Å²) < 4.78 is 5.29. The fraction of sp³-hybridized carbons (Fsp3) is 0.250. The van der Waals surface area contributed by atoms with Crippen LogP contribution in [0.4, 0.5) is 5.13 Å². The van der Waals surface area contributed by atoms with Gasteiger partial charge in [0.25, 0.3) is 11.8 Å². The highest BCUT2D eigenvalue weighted by molar-refractivity contribution is 7.13. The quantitative estimate of drug-likeness (QED) is 0.653. The molecule has 4 N–H and O–H groups in total. The molecule has 1 saturated heterocycles. The minimum atomic E-state index is -0.579. The van der Waals surface area contributed by atoms with Crippen LogP contribution in [0.1, 0.15) is 31.2 Å². The van der Waals surface area contributed by atoms with E-state index in [0.717, 1.165) is 18.2 Å². The third kappa shape index (κ3) is 4.16. The van der Waals surface area contributed by atoms with Crippen LogP contribution in [0.2, 0.25) is 0 Å². The first-order valence-electron chi connectivity index (χ1n) is 7.83. The van der Waals surface area contributed by atoms with Crippen molar-refractivity contribution in [1.82, 2.24) is 15.8 Å². The van der Waals surface area contributed by atoms with Gasteiger partial charge in [0.05, 0.1) is 13.2 Å². The van der Waals surface area contributed by atoms with Gasteiger partial charge < -0.3 is 15.4 Å². The molecule has 1 aliphatic rings. The molecule has 0 atom stereocenters. The first-order chi connectivity index (χ1) is 12.5. The van der Waals surface area contributed by atoms with Gasteiger partial charge in [-0.25, -0.2) is 4.98 Å². The summed E-state index contributed by atoms with van der Waals surface area (Å²) in [4.78, 5) is 41.5. The van der Waals surface area contributed by atoms with Crippen molar-refractivity contribution in [2.45, 2.75) is 0 Å².